The summed E-state index contributed by atoms with van der Waals surface area (Å²) in [5.74, 6) is -0.763. The Labute approximate surface area is 265 Å². The van der Waals surface area contributed by atoms with E-state index < -0.39 is 17.5 Å². The summed E-state index contributed by atoms with van der Waals surface area (Å²) in [4.78, 5) is 48.2. The molecule has 7 rings (SSSR count). The highest BCUT2D eigenvalue weighted by Gasteiger charge is 2.58. The molecular formula is C34H38FN7O4. The molecule has 3 aliphatic rings. The van der Waals surface area contributed by atoms with E-state index in [4.69, 9.17) is 9.72 Å². The molecule has 4 atom stereocenters. The van der Waals surface area contributed by atoms with E-state index in [0.717, 1.165) is 36.0 Å². The number of carbonyl (C=O) groups excluding carboxylic acids is 3. The summed E-state index contributed by atoms with van der Waals surface area (Å²) in [5, 5.41) is 13.0. The molecule has 3 heterocycles. The summed E-state index contributed by atoms with van der Waals surface area (Å²) in [5.41, 5.74) is 3.45. The Bertz CT molecular complexity index is 1840. The van der Waals surface area contributed by atoms with Crippen molar-refractivity contribution in [3.63, 3.8) is 0 Å². The number of halogens is 1. The second-order valence-electron chi connectivity index (χ2n) is 13.0. The fourth-order valence-corrected chi connectivity index (χ4v) is 7.44. The third-order valence-electron chi connectivity index (χ3n) is 10.1. The van der Waals surface area contributed by atoms with Crippen LogP contribution in [0.1, 0.15) is 78.1 Å². The van der Waals surface area contributed by atoms with Crippen LogP contribution < -0.4 is 16.0 Å². The molecule has 3 amide bonds. The molecule has 4 aromatic rings. The summed E-state index contributed by atoms with van der Waals surface area (Å²) >= 11 is 0. The Kier molecular flexibility index (Phi) is 7.42. The van der Waals surface area contributed by atoms with Crippen molar-refractivity contribution in [2.75, 3.05) is 19.8 Å². The minimum atomic E-state index is -0.979. The van der Waals surface area contributed by atoms with Crippen LogP contribution in [-0.2, 0) is 33.2 Å². The summed E-state index contributed by atoms with van der Waals surface area (Å²) in [6.45, 7) is 4.56. The lowest BCUT2D eigenvalue weighted by molar-refractivity contribution is -0.132. The normalized spacial score (nSPS) is 22.4. The quantitative estimate of drug-likeness (QED) is 0.224. The number of hydrogen-bond acceptors (Lipinski definition) is 6. The largest absolute Gasteiger partial charge is 0.380 e. The summed E-state index contributed by atoms with van der Waals surface area (Å²) in [6.07, 6.45) is 4.81. The lowest BCUT2D eigenvalue weighted by atomic mass is 9.78. The number of aromatic nitrogens is 4. The van der Waals surface area contributed by atoms with Gasteiger partial charge in [-0.3, -0.25) is 19.1 Å². The number of rotatable bonds is 9. The number of nitrogens with zero attached hydrogens (tertiary/aromatic N) is 3. The van der Waals surface area contributed by atoms with Gasteiger partial charge in [-0.25, -0.2) is 9.37 Å². The van der Waals surface area contributed by atoms with Crippen molar-refractivity contribution in [2.45, 2.75) is 62.9 Å². The molecule has 240 valence electrons. The highest BCUT2D eigenvalue weighted by atomic mass is 19.1. The zero-order valence-corrected chi connectivity index (χ0v) is 26.2. The average molecular weight is 628 g/mol. The molecule has 2 aliphatic carbocycles. The van der Waals surface area contributed by atoms with E-state index in [1.807, 2.05) is 31.2 Å². The molecule has 2 aromatic heterocycles. The lowest BCUT2D eigenvalue weighted by Gasteiger charge is -2.29. The van der Waals surface area contributed by atoms with Gasteiger partial charge < -0.3 is 25.7 Å². The van der Waals surface area contributed by atoms with Crippen LogP contribution in [0.5, 0.6) is 0 Å². The van der Waals surface area contributed by atoms with Crippen LogP contribution >= 0.6 is 0 Å². The third-order valence-corrected chi connectivity index (χ3v) is 10.1. The number of fused-ring (bicyclic) bond motifs is 2. The predicted octanol–water partition coefficient (Wildman–Crippen LogP) is 3.33. The number of amides is 3. The van der Waals surface area contributed by atoms with Crippen LogP contribution in [0, 0.1) is 11.2 Å². The minimum absolute atomic E-state index is 0.0885. The maximum atomic E-state index is 14.6. The number of imidazole rings is 1. The molecule has 11 nitrogen and oxygen atoms in total. The predicted molar refractivity (Wildman–Crippen MR) is 167 cm³/mol. The molecule has 4 N–H and O–H groups in total. The van der Waals surface area contributed by atoms with Crippen molar-refractivity contribution in [3.8, 4) is 0 Å². The van der Waals surface area contributed by atoms with Crippen molar-refractivity contribution >= 4 is 28.8 Å². The number of aryl methyl sites for hydroxylation is 1. The van der Waals surface area contributed by atoms with E-state index in [1.165, 1.54) is 10.7 Å². The van der Waals surface area contributed by atoms with Gasteiger partial charge in [0.25, 0.3) is 5.91 Å². The minimum Gasteiger partial charge on any atom is -0.380 e. The second-order valence-corrected chi connectivity index (χ2v) is 13.0. The number of hydrogen-bond donors (Lipinski definition) is 4. The molecule has 2 aromatic carbocycles. The molecule has 0 bridgehead atoms. The first-order chi connectivity index (χ1) is 22.1. The second kappa shape index (κ2) is 11.3. The van der Waals surface area contributed by atoms with E-state index in [2.05, 4.69) is 26.0 Å². The smallest absolute Gasteiger partial charge is 0.270 e. The van der Waals surface area contributed by atoms with E-state index >= 15 is 0 Å². The van der Waals surface area contributed by atoms with Gasteiger partial charge in [0, 0.05) is 32.3 Å². The number of nitrogens with one attached hydrogen (secondary N) is 4. The standard InChI is InChI=1S/C34H38FN7O4/c1-4-36-30(43)19(2)38-32(45)34(12-14-46-18-34)21-6-8-24-25(15-21)40-29(39-24)28(41-31(44)26-9-13-37-42(26)3)27-23-16-22(35)7-5-20(23)17-33(27)10-11-33/h5-9,13,15-16,19,27-28H,4,10-12,14,17-18H2,1-3H3,(H,36,43)(H,38,45)(H,39,40)(H,41,44)/t19-,27+,28+,34?/m1/s1. The van der Waals surface area contributed by atoms with Crippen LogP contribution in [0.3, 0.4) is 0 Å². The van der Waals surface area contributed by atoms with Crippen molar-refractivity contribution in [1.29, 1.82) is 0 Å². The summed E-state index contributed by atoms with van der Waals surface area (Å²) in [6, 6.07) is 11.0. The van der Waals surface area contributed by atoms with Gasteiger partial charge >= 0.3 is 0 Å². The van der Waals surface area contributed by atoms with Gasteiger partial charge in [-0.1, -0.05) is 12.1 Å². The SMILES string of the molecule is CCNC(=O)[C@@H](C)NC(=O)C1(c2ccc3nc([C@@H](NC(=O)c4ccnn4C)[C@@H]4c5cc(F)ccc5CC45CC5)[nH]c3c2)CCOC1. The first-order valence-electron chi connectivity index (χ1n) is 15.9. The van der Waals surface area contributed by atoms with Crippen LogP contribution in [0.25, 0.3) is 11.0 Å². The maximum absolute atomic E-state index is 14.6. The van der Waals surface area contributed by atoms with E-state index in [1.54, 1.807) is 32.3 Å². The van der Waals surface area contributed by atoms with Gasteiger partial charge in [-0.15, -0.1) is 0 Å². The third kappa shape index (κ3) is 5.04. The van der Waals surface area contributed by atoms with E-state index in [-0.39, 0.29) is 41.5 Å². The molecule has 1 saturated carbocycles. The highest BCUT2D eigenvalue weighted by Crippen LogP contribution is 2.66. The molecular weight excluding hydrogens is 589 g/mol. The van der Waals surface area contributed by atoms with Crippen molar-refractivity contribution in [2.24, 2.45) is 12.5 Å². The Hall–Kier alpha value is -4.58. The summed E-state index contributed by atoms with van der Waals surface area (Å²) < 4.78 is 21.9. The molecule has 46 heavy (non-hydrogen) atoms. The van der Waals surface area contributed by atoms with Crippen LogP contribution in [0.15, 0.2) is 48.7 Å². The first-order valence-corrected chi connectivity index (χ1v) is 15.9. The number of likely N-dealkylation sites (N-methyl/N-ethyl adjacent to an activating group) is 1. The van der Waals surface area contributed by atoms with E-state index in [0.29, 0.717) is 42.1 Å². The number of aromatic amines is 1. The molecule has 0 radical (unpaired) electrons. The fourth-order valence-electron chi connectivity index (χ4n) is 7.44. The van der Waals surface area contributed by atoms with Gasteiger partial charge in [0.15, 0.2) is 0 Å². The van der Waals surface area contributed by atoms with Crippen molar-refractivity contribution in [1.82, 2.24) is 35.7 Å². The summed E-state index contributed by atoms with van der Waals surface area (Å²) in [7, 11) is 1.71. The van der Waals surface area contributed by atoms with Crippen LogP contribution in [-0.4, -0.2) is 63.3 Å². The Morgan fingerprint density at radius 1 is 1.13 bits per heavy atom. The zero-order chi connectivity index (χ0) is 32.2. The van der Waals surface area contributed by atoms with Crippen LogP contribution in [0.4, 0.5) is 4.39 Å². The van der Waals surface area contributed by atoms with Gasteiger partial charge in [0.05, 0.1) is 29.1 Å². The monoisotopic (exact) mass is 627 g/mol. The molecule has 12 heteroatoms. The van der Waals surface area contributed by atoms with Crippen molar-refractivity contribution in [3.05, 3.63) is 82.7 Å². The Morgan fingerprint density at radius 3 is 2.65 bits per heavy atom. The fraction of sp³-hybridized carbons (Fsp3) is 0.441. The van der Waals surface area contributed by atoms with Gasteiger partial charge in [0.1, 0.15) is 23.4 Å². The topological polar surface area (TPSA) is 143 Å². The average Bonchev–Trinajstić information content (AvgIpc) is 3.46. The molecule has 1 aliphatic heterocycles. The molecule has 2 fully saturated rings. The van der Waals surface area contributed by atoms with Crippen molar-refractivity contribution < 1.29 is 23.5 Å². The number of benzene rings is 2. The Morgan fingerprint density at radius 2 is 1.96 bits per heavy atom. The number of ether oxygens (including phenoxy) is 1. The number of carbonyl (C=O) groups is 3. The number of H-pyrrole nitrogens is 1. The molecule has 1 saturated heterocycles. The first kappa shape index (κ1) is 30.1. The zero-order valence-electron chi connectivity index (χ0n) is 26.2. The highest BCUT2D eigenvalue weighted by molar-refractivity contribution is 5.94. The van der Waals surface area contributed by atoms with Crippen LogP contribution in [0.2, 0.25) is 0 Å². The molecule has 1 unspecified atom stereocenters. The van der Waals surface area contributed by atoms with Gasteiger partial charge in [-0.05, 0) is 92.0 Å². The maximum Gasteiger partial charge on any atom is 0.270 e. The molecule has 1 spiro atoms. The van der Waals surface area contributed by atoms with Gasteiger partial charge in [-0.2, -0.15) is 5.10 Å². The van der Waals surface area contributed by atoms with E-state index in [9.17, 15) is 18.8 Å². The lowest BCUT2D eigenvalue weighted by Crippen LogP contribution is -2.52. The van der Waals surface area contributed by atoms with Gasteiger partial charge in [0.2, 0.25) is 11.8 Å². The Balaban J connectivity index is 1.27.